The number of anilines is 4. The van der Waals surface area contributed by atoms with E-state index >= 15 is 0 Å². The van der Waals surface area contributed by atoms with E-state index in [0.29, 0.717) is 17.1 Å². The molecule has 3 rings (SSSR count). The minimum absolute atomic E-state index is 0.0236. The largest absolute Gasteiger partial charge is 0.478 e. The standard InChI is InChI=1S/C18H21N5O5/c1-9(24)15(23-22-12-5-3-2-4-11(12)17(26)27)16(25)19-10-6-7-13-14(8-10)21-18(28)20-13/h2-9,15,18,20-24,28H,1H3,(H,19,25)(H,26,27). The van der Waals surface area contributed by atoms with Crippen molar-refractivity contribution < 1.29 is 24.9 Å². The summed E-state index contributed by atoms with van der Waals surface area (Å²) in [5, 5.41) is 37.0. The van der Waals surface area contributed by atoms with E-state index in [0.717, 1.165) is 0 Å². The second-order valence-corrected chi connectivity index (χ2v) is 6.28. The Morgan fingerprint density at radius 3 is 2.54 bits per heavy atom. The monoisotopic (exact) mass is 387 g/mol. The maximum Gasteiger partial charge on any atom is 0.337 e. The van der Waals surface area contributed by atoms with Crippen LogP contribution < -0.4 is 26.8 Å². The molecule has 1 aliphatic rings. The molecule has 0 saturated heterocycles. The van der Waals surface area contributed by atoms with E-state index in [1.807, 2.05) is 0 Å². The number of aliphatic hydroxyl groups is 2. The molecule has 3 atom stereocenters. The van der Waals surface area contributed by atoms with Crippen molar-refractivity contribution in [2.45, 2.75) is 25.4 Å². The number of para-hydroxylation sites is 1. The third-order valence-electron chi connectivity index (χ3n) is 4.16. The minimum Gasteiger partial charge on any atom is -0.478 e. The number of aliphatic hydroxyl groups excluding tert-OH is 2. The lowest BCUT2D eigenvalue weighted by atomic mass is 10.1. The Balaban J connectivity index is 1.68. The van der Waals surface area contributed by atoms with Crippen molar-refractivity contribution in [3.8, 4) is 0 Å². The molecular weight excluding hydrogens is 366 g/mol. The number of hydrogen-bond donors (Lipinski definition) is 8. The third kappa shape index (κ3) is 4.31. The molecule has 1 amide bonds. The molecule has 28 heavy (non-hydrogen) atoms. The van der Waals surface area contributed by atoms with Gasteiger partial charge in [-0.25, -0.2) is 10.2 Å². The molecule has 0 aliphatic carbocycles. The van der Waals surface area contributed by atoms with Gasteiger partial charge in [0.1, 0.15) is 6.04 Å². The van der Waals surface area contributed by atoms with Gasteiger partial charge < -0.3 is 36.7 Å². The first-order valence-electron chi connectivity index (χ1n) is 8.53. The van der Waals surface area contributed by atoms with Crippen LogP contribution in [0.15, 0.2) is 42.5 Å². The Morgan fingerprint density at radius 1 is 1.11 bits per heavy atom. The lowest BCUT2D eigenvalue weighted by molar-refractivity contribution is -0.120. The first kappa shape index (κ1) is 19.4. The second kappa shape index (κ2) is 8.13. The molecule has 0 bridgehead atoms. The summed E-state index contributed by atoms with van der Waals surface area (Å²) in [5.74, 6) is -1.65. The number of carbonyl (C=O) groups is 2. The first-order chi connectivity index (χ1) is 13.3. The highest BCUT2D eigenvalue weighted by Gasteiger charge is 2.25. The maximum atomic E-state index is 12.6. The summed E-state index contributed by atoms with van der Waals surface area (Å²) >= 11 is 0. The predicted octanol–water partition coefficient (Wildman–Crippen LogP) is 0.803. The highest BCUT2D eigenvalue weighted by molar-refractivity contribution is 5.97. The third-order valence-corrected chi connectivity index (χ3v) is 4.16. The zero-order valence-corrected chi connectivity index (χ0v) is 14.9. The van der Waals surface area contributed by atoms with Crippen molar-refractivity contribution in [2.75, 3.05) is 21.4 Å². The SMILES string of the molecule is CC(O)C(NNc1ccccc1C(=O)O)C(=O)Nc1ccc2c(c1)NC(O)N2. The number of hydrazine groups is 1. The van der Waals surface area contributed by atoms with Gasteiger partial charge in [-0.2, -0.15) is 0 Å². The number of rotatable bonds is 7. The maximum absolute atomic E-state index is 12.6. The van der Waals surface area contributed by atoms with Crippen LogP contribution >= 0.6 is 0 Å². The van der Waals surface area contributed by atoms with E-state index in [4.69, 9.17) is 0 Å². The van der Waals surface area contributed by atoms with Crippen LogP contribution in [0.25, 0.3) is 0 Å². The number of fused-ring (bicyclic) bond motifs is 1. The number of carboxylic acid groups (broad SMARTS) is 1. The molecule has 10 heteroatoms. The molecule has 0 aromatic heterocycles. The molecule has 8 N–H and O–H groups in total. The molecule has 10 nitrogen and oxygen atoms in total. The summed E-state index contributed by atoms with van der Waals surface area (Å²) in [6.45, 7) is 1.44. The van der Waals surface area contributed by atoms with Crippen LogP contribution in [-0.2, 0) is 4.79 Å². The van der Waals surface area contributed by atoms with E-state index in [2.05, 4.69) is 26.8 Å². The quantitative estimate of drug-likeness (QED) is 0.322. The average Bonchev–Trinajstić information content (AvgIpc) is 3.01. The summed E-state index contributed by atoms with van der Waals surface area (Å²) in [5.41, 5.74) is 7.42. The van der Waals surface area contributed by atoms with Gasteiger partial charge in [-0.1, -0.05) is 12.1 Å². The highest BCUT2D eigenvalue weighted by atomic mass is 16.4. The molecule has 0 radical (unpaired) electrons. The number of carbonyl (C=O) groups excluding carboxylic acids is 1. The van der Waals surface area contributed by atoms with E-state index in [1.54, 1.807) is 30.3 Å². The van der Waals surface area contributed by atoms with Gasteiger partial charge in [-0.3, -0.25) is 4.79 Å². The van der Waals surface area contributed by atoms with E-state index in [1.165, 1.54) is 19.1 Å². The molecule has 1 aliphatic heterocycles. The van der Waals surface area contributed by atoms with Crippen LogP contribution in [0.2, 0.25) is 0 Å². The van der Waals surface area contributed by atoms with Crippen molar-refractivity contribution in [3.05, 3.63) is 48.0 Å². The zero-order chi connectivity index (χ0) is 20.3. The van der Waals surface area contributed by atoms with Gasteiger partial charge in [0, 0.05) is 5.69 Å². The molecule has 2 aromatic carbocycles. The van der Waals surface area contributed by atoms with Crippen LogP contribution in [0.3, 0.4) is 0 Å². The normalized spacial score (nSPS) is 16.9. The Hall–Kier alpha value is -3.34. The van der Waals surface area contributed by atoms with Crippen LogP contribution in [0.5, 0.6) is 0 Å². The lowest BCUT2D eigenvalue weighted by Gasteiger charge is -2.22. The topological polar surface area (TPSA) is 155 Å². The fraction of sp³-hybridized carbons (Fsp3) is 0.222. The minimum atomic E-state index is -1.12. The smallest absolute Gasteiger partial charge is 0.337 e. The van der Waals surface area contributed by atoms with Crippen molar-refractivity contribution >= 4 is 34.6 Å². The molecular formula is C18H21N5O5. The van der Waals surface area contributed by atoms with Gasteiger partial charge >= 0.3 is 5.97 Å². The number of amides is 1. The van der Waals surface area contributed by atoms with Gasteiger partial charge in [-0.05, 0) is 37.3 Å². The Kier molecular flexibility index (Phi) is 5.64. The van der Waals surface area contributed by atoms with Crippen molar-refractivity contribution in [1.82, 2.24) is 5.43 Å². The van der Waals surface area contributed by atoms with E-state index in [-0.39, 0.29) is 11.3 Å². The van der Waals surface area contributed by atoms with Gasteiger partial charge in [0.05, 0.1) is 28.7 Å². The molecule has 148 valence electrons. The van der Waals surface area contributed by atoms with E-state index < -0.39 is 30.4 Å². The summed E-state index contributed by atoms with van der Waals surface area (Å²) in [6.07, 6.45) is -1.97. The number of aromatic carboxylic acids is 1. The fourth-order valence-electron chi connectivity index (χ4n) is 2.76. The summed E-state index contributed by atoms with van der Waals surface area (Å²) in [4.78, 5) is 23.8. The van der Waals surface area contributed by atoms with Gasteiger partial charge in [0.15, 0.2) is 0 Å². The average molecular weight is 387 g/mol. The number of nitrogens with one attached hydrogen (secondary N) is 5. The zero-order valence-electron chi connectivity index (χ0n) is 14.9. The molecule has 1 heterocycles. The highest BCUT2D eigenvalue weighted by Crippen LogP contribution is 2.30. The molecule has 0 saturated carbocycles. The molecule has 0 spiro atoms. The summed E-state index contributed by atoms with van der Waals surface area (Å²) in [7, 11) is 0. The van der Waals surface area contributed by atoms with Crippen LogP contribution in [0.1, 0.15) is 17.3 Å². The van der Waals surface area contributed by atoms with Crippen LogP contribution in [0.4, 0.5) is 22.7 Å². The molecule has 2 aromatic rings. The molecule has 0 fully saturated rings. The summed E-state index contributed by atoms with van der Waals surface area (Å²) in [6, 6.07) is 10.1. The van der Waals surface area contributed by atoms with Crippen molar-refractivity contribution in [3.63, 3.8) is 0 Å². The summed E-state index contributed by atoms with van der Waals surface area (Å²) < 4.78 is 0. The lowest BCUT2D eigenvalue weighted by Crippen LogP contribution is -2.50. The van der Waals surface area contributed by atoms with Gasteiger partial charge in [0.25, 0.3) is 0 Å². The second-order valence-electron chi connectivity index (χ2n) is 6.28. The van der Waals surface area contributed by atoms with E-state index in [9.17, 15) is 24.9 Å². The van der Waals surface area contributed by atoms with Crippen molar-refractivity contribution in [2.24, 2.45) is 0 Å². The Morgan fingerprint density at radius 2 is 1.82 bits per heavy atom. The Labute approximate surface area is 160 Å². The first-order valence-corrected chi connectivity index (χ1v) is 8.53. The van der Waals surface area contributed by atoms with Gasteiger partial charge in [0.2, 0.25) is 12.3 Å². The predicted molar refractivity (Wildman–Crippen MR) is 104 cm³/mol. The van der Waals surface area contributed by atoms with Gasteiger partial charge in [-0.15, -0.1) is 0 Å². The fourth-order valence-corrected chi connectivity index (χ4v) is 2.76. The number of hydrogen-bond acceptors (Lipinski definition) is 8. The number of benzene rings is 2. The molecule has 3 unspecified atom stereocenters. The van der Waals surface area contributed by atoms with Crippen molar-refractivity contribution in [1.29, 1.82) is 0 Å². The van der Waals surface area contributed by atoms with Crippen LogP contribution in [0, 0.1) is 0 Å². The van der Waals surface area contributed by atoms with Crippen LogP contribution in [-0.4, -0.2) is 45.7 Å². The Bertz CT molecular complexity index is 888. The number of carboxylic acids is 1.